The van der Waals surface area contributed by atoms with Crippen molar-refractivity contribution in [3.63, 3.8) is 0 Å². The first kappa shape index (κ1) is 22.0. The van der Waals surface area contributed by atoms with Crippen molar-refractivity contribution in [3.8, 4) is 28.6 Å². The van der Waals surface area contributed by atoms with Crippen LogP contribution in [0.15, 0.2) is 73.4 Å². The molecule has 4 aromatic heterocycles. The van der Waals surface area contributed by atoms with Crippen LogP contribution in [0.25, 0.3) is 22.6 Å². The predicted molar refractivity (Wildman–Crippen MR) is 137 cm³/mol. The maximum atomic E-state index is 6.41. The Labute approximate surface area is 200 Å². The second-order valence-corrected chi connectivity index (χ2v) is 9.88. The Morgan fingerprint density at radius 3 is 2.41 bits per heavy atom. The molecular weight excluding hydrogens is 420 g/mol. The molecule has 5 heteroatoms. The third-order valence-corrected chi connectivity index (χ3v) is 6.61. The van der Waals surface area contributed by atoms with Gasteiger partial charge in [0.15, 0.2) is 0 Å². The molecule has 4 heterocycles. The van der Waals surface area contributed by atoms with Crippen LogP contribution in [0, 0.1) is 20.8 Å². The summed E-state index contributed by atoms with van der Waals surface area (Å²) in [6.07, 6.45) is 7.38. The van der Waals surface area contributed by atoms with Crippen LogP contribution in [0.1, 0.15) is 43.2 Å². The highest BCUT2D eigenvalue weighted by Gasteiger charge is 2.19. The number of rotatable bonds is 4. The maximum Gasteiger partial charge on any atom is 0.131 e. The minimum atomic E-state index is 0.0379. The molecule has 0 unspecified atom stereocenters. The third-order valence-electron chi connectivity index (χ3n) is 6.61. The molecule has 0 saturated heterocycles. The molecule has 5 aromatic rings. The van der Waals surface area contributed by atoms with Crippen LogP contribution in [0.3, 0.4) is 0 Å². The molecule has 0 aliphatic rings. The van der Waals surface area contributed by atoms with E-state index in [-0.39, 0.29) is 5.41 Å². The summed E-state index contributed by atoms with van der Waals surface area (Å²) in [6.45, 7) is 13.2. The van der Waals surface area contributed by atoms with E-state index >= 15 is 0 Å². The van der Waals surface area contributed by atoms with E-state index in [1.54, 1.807) is 12.5 Å². The van der Waals surface area contributed by atoms with Crippen LogP contribution in [0.4, 0.5) is 0 Å². The minimum Gasteiger partial charge on any atom is -0.457 e. The van der Waals surface area contributed by atoms with Gasteiger partial charge in [0, 0.05) is 42.5 Å². The minimum absolute atomic E-state index is 0.0379. The number of hydrogen-bond acceptors (Lipinski definition) is 3. The Balaban J connectivity index is 1.65. The van der Waals surface area contributed by atoms with Gasteiger partial charge in [-0.15, -0.1) is 0 Å². The van der Waals surface area contributed by atoms with Crippen LogP contribution in [0.5, 0.6) is 11.5 Å². The van der Waals surface area contributed by atoms with Crippen molar-refractivity contribution in [1.29, 1.82) is 0 Å². The number of pyridine rings is 2. The van der Waals surface area contributed by atoms with Gasteiger partial charge >= 0.3 is 0 Å². The molecular formula is C29H30N4O. The number of imidazole rings is 1. The fourth-order valence-electron chi connectivity index (χ4n) is 4.38. The van der Waals surface area contributed by atoms with E-state index < -0.39 is 0 Å². The van der Waals surface area contributed by atoms with Gasteiger partial charge in [0.05, 0.1) is 28.9 Å². The zero-order valence-electron chi connectivity index (χ0n) is 20.6. The van der Waals surface area contributed by atoms with Crippen molar-refractivity contribution >= 4 is 5.52 Å². The van der Waals surface area contributed by atoms with E-state index in [4.69, 9.17) is 9.72 Å². The second kappa shape index (κ2) is 8.17. The van der Waals surface area contributed by atoms with E-state index in [0.717, 1.165) is 34.1 Å². The van der Waals surface area contributed by atoms with Crippen LogP contribution in [0.2, 0.25) is 0 Å². The number of benzene rings is 1. The van der Waals surface area contributed by atoms with Gasteiger partial charge in [-0.1, -0.05) is 26.8 Å². The monoisotopic (exact) mass is 450 g/mol. The van der Waals surface area contributed by atoms with E-state index in [9.17, 15) is 0 Å². The molecule has 5 rings (SSSR count). The zero-order valence-corrected chi connectivity index (χ0v) is 20.6. The molecule has 0 fully saturated rings. The molecule has 0 amide bonds. The van der Waals surface area contributed by atoms with Crippen LogP contribution in [-0.4, -0.2) is 18.9 Å². The van der Waals surface area contributed by atoms with Gasteiger partial charge in [0.25, 0.3) is 0 Å². The number of aryl methyl sites for hydroxylation is 2. The van der Waals surface area contributed by atoms with Gasteiger partial charge in [-0.3, -0.25) is 4.98 Å². The second-order valence-electron chi connectivity index (χ2n) is 9.88. The van der Waals surface area contributed by atoms with Crippen molar-refractivity contribution < 1.29 is 4.74 Å². The zero-order chi connectivity index (χ0) is 24.0. The standard InChI is InChI=1S/C29H30N4O/c1-19-20(2)27-16-25(34-24-9-7-8-23(15-24)32-13-12-30-18-32)17-28(33(27)21(19)3)26-14-22(10-11-31-26)29(4,5)6/h7-18H,1-6H3. The molecule has 0 spiro atoms. The largest absolute Gasteiger partial charge is 0.457 e. The van der Waals surface area contributed by atoms with Gasteiger partial charge < -0.3 is 13.7 Å². The lowest BCUT2D eigenvalue weighted by atomic mass is 9.87. The van der Waals surface area contributed by atoms with Crippen molar-refractivity contribution in [2.75, 3.05) is 0 Å². The molecule has 0 saturated carbocycles. The number of aromatic nitrogens is 4. The van der Waals surface area contributed by atoms with E-state index in [2.05, 4.69) is 75.2 Å². The average molecular weight is 451 g/mol. The average Bonchev–Trinajstić information content (AvgIpc) is 3.43. The predicted octanol–water partition coefficient (Wildman–Crippen LogP) is 7.20. The van der Waals surface area contributed by atoms with E-state index in [0.29, 0.717) is 0 Å². The quantitative estimate of drug-likeness (QED) is 0.291. The Morgan fingerprint density at radius 2 is 1.68 bits per heavy atom. The summed E-state index contributed by atoms with van der Waals surface area (Å²) in [5.41, 5.74) is 9.15. The summed E-state index contributed by atoms with van der Waals surface area (Å²) in [5.74, 6) is 1.56. The highest BCUT2D eigenvalue weighted by molar-refractivity contribution is 5.72. The molecule has 0 aliphatic heterocycles. The molecule has 0 atom stereocenters. The molecule has 0 bridgehead atoms. The van der Waals surface area contributed by atoms with Crippen molar-refractivity contribution in [2.24, 2.45) is 0 Å². The Hall–Kier alpha value is -3.86. The van der Waals surface area contributed by atoms with Gasteiger partial charge in [-0.05, 0) is 67.1 Å². The Kier molecular flexibility index (Phi) is 5.28. The third kappa shape index (κ3) is 3.87. The van der Waals surface area contributed by atoms with Crippen molar-refractivity contribution in [1.82, 2.24) is 18.9 Å². The Morgan fingerprint density at radius 1 is 0.853 bits per heavy atom. The molecule has 0 N–H and O–H groups in total. The highest BCUT2D eigenvalue weighted by Crippen LogP contribution is 2.35. The van der Waals surface area contributed by atoms with Crippen LogP contribution >= 0.6 is 0 Å². The SMILES string of the molecule is Cc1c(C)c2cc(Oc3cccc(-n4ccnc4)c3)cc(-c3cc(C(C)(C)C)ccn3)n2c1C. The maximum absolute atomic E-state index is 6.41. The molecule has 5 nitrogen and oxygen atoms in total. The molecule has 1 aromatic carbocycles. The van der Waals surface area contributed by atoms with E-state index in [1.165, 1.54) is 22.4 Å². The first-order chi connectivity index (χ1) is 16.2. The van der Waals surface area contributed by atoms with Crippen LogP contribution in [-0.2, 0) is 5.41 Å². The summed E-state index contributed by atoms with van der Waals surface area (Å²) in [5, 5.41) is 0. The summed E-state index contributed by atoms with van der Waals surface area (Å²) < 4.78 is 10.7. The van der Waals surface area contributed by atoms with Gasteiger partial charge in [-0.25, -0.2) is 4.98 Å². The lowest BCUT2D eigenvalue weighted by molar-refractivity contribution is 0.482. The van der Waals surface area contributed by atoms with Crippen molar-refractivity contribution in [3.05, 3.63) is 95.8 Å². The summed E-state index contributed by atoms with van der Waals surface area (Å²) in [4.78, 5) is 8.91. The highest BCUT2D eigenvalue weighted by atomic mass is 16.5. The first-order valence-corrected chi connectivity index (χ1v) is 11.6. The molecule has 0 aliphatic carbocycles. The van der Waals surface area contributed by atoms with Crippen LogP contribution < -0.4 is 4.74 Å². The fraction of sp³-hybridized carbons (Fsp3) is 0.241. The van der Waals surface area contributed by atoms with Gasteiger partial charge in [-0.2, -0.15) is 0 Å². The lowest BCUT2D eigenvalue weighted by Crippen LogP contribution is -2.11. The number of hydrogen-bond donors (Lipinski definition) is 0. The Bertz CT molecular complexity index is 1490. The lowest BCUT2D eigenvalue weighted by Gasteiger charge is -2.20. The van der Waals surface area contributed by atoms with Gasteiger partial charge in [0.2, 0.25) is 0 Å². The smallest absolute Gasteiger partial charge is 0.131 e. The number of nitrogens with zero attached hydrogens (tertiary/aromatic N) is 4. The van der Waals surface area contributed by atoms with E-state index in [1.807, 2.05) is 41.2 Å². The molecule has 34 heavy (non-hydrogen) atoms. The molecule has 0 radical (unpaired) electrons. The number of ether oxygens (including phenoxy) is 1. The first-order valence-electron chi connectivity index (χ1n) is 11.6. The topological polar surface area (TPSA) is 44.3 Å². The summed E-state index contributed by atoms with van der Waals surface area (Å²) in [7, 11) is 0. The molecule has 172 valence electrons. The van der Waals surface area contributed by atoms with Crippen molar-refractivity contribution in [2.45, 2.75) is 47.0 Å². The summed E-state index contributed by atoms with van der Waals surface area (Å²) in [6, 6.07) is 16.5. The number of fused-ring (bicyclic) bond motifs is 1. The normalized spacial score (nSPS) is 11.8. The fourth-order valence-corrected chi connectivity index (χ4v) is 4.38. The van der Waals surface area contributed by atoms with Gasteiger partial charge in [0.1, 0.15) is 11.5 Å². The summed E-state index contributed by atoms with van der Waals surface area (Å²) >= 11 is 0.